The Bertz CT molecular complexity index is 1610. The highest BCUT2D eigenvalue weighted by Crippen LogP contribution is 2.38. The van der Waals surface area contributed by atoms with E-state index in [1.807, 2.05) is 7.05 Å². The molecule has 42 heavy (non-hydrogen) atoms. The number of aromatic nitrogens is 3. The highest BCUT2D eigenvalue weighted by molar-refractivity contribution is 6.04. The van der Waals surface area contributed by atoms with Crippen LogP contribution in [-0.2, 0) is 0 Å². The second-order valence-electron chi connectivity index (χ2n) is 10.0. The Hall–Kier alpha value is -4.52. The van der Waals surface area contributed by atoms with Crippen molar-refractivity contribution in [3.8, 4) is 28.7 Å². The van der Waals surface area contributed by atoms with Gasteiger partial charge in [0.15, 0.2) is 29.5 Å². The third kappa shape index (κ3) is 6.35. The number of nitrogens with zero attached hydrogens (tertiary/aromatic N) is 4. The molecule has 4 aromatic rings. The summed E-state index contributed by atoms with van der Waals surface area (Å²) in [5.41, 5.74) is 1.54. The number of likely N-dealkylation sites (N-methyl/N-ethyl adjacent to an activating group) is 1. The molecule has 1 fully saturated rings. The summed E-state index contributed by atoms with van der Waals surface area (Å²) in [4.78, 5) is 19.6. The maximum Gasteiger partial charge on any atom is 0.422 e. The Kier molecular flexibility index (Phi) is 8.12. The van der Waals surface area contributed by atoms with Gasteiger partial charge < -0.3 is 29.2 Å². The molecule has 0 saturated carbocycles. The van der Waals surface area contributed by atoms with Crippen LogP contribution in [0.2, 0.25) is 0 Å². The number of carbonyl (C=O) groups excluding carboxylic acids is 1. The van der Waals surface area contributed by atoms with Crippen molar-refractivity contribution < 1.29 is 36.9 Å². The van der Waals surface area contributed by atoms with Crippen LogP contribution in [0.5, 0.6) is 28.7 Å². The van der Waals surface area contributed by atoms with Crippen LogP contribution in [0, 0.1) is 6.92 Å². The summed E-state index contributed by atoms with van der Waals surface area (Å²) >= 11 is 0. The van der Waals surface area contributed by atoms with E-state index < -0.39 is 18.7 Å². The Labute approximate surface area is 239 Å². The lowest BCUT2D eigenvalue weighted by Crippen LogP contribution is -2.21. The number of alkyl halides is 3. The van der Waals surface area contributed by atoms with Crippen molar-refractivity contribution in [3.05, 3.63) is 60.0 Å². The number of rotatable bonds is 9. The normalized spacial score (nSPS) is 15.5. The van der Waals surface area contributed by atoms with Gasteiger partial charge in [0.1, 0.15) is 11.5 Å². The standard InChI is InChI=1S/C29H30F3N5O5/c1-17-11-18(5-6-22(17)42-23-7-9-33-21-13-25(40-4)24(39-3)12-20(21)23)34-28(38)27-26(41-16-29(30,31)32)15-37(35-27)19-8-10-36(2)14-19/h5-7,9,11-13,15,19H,8,10,14,16H2,1-4H3,(H,34,38). The molecule has 2 aromatic heterocycles. The van der Waals surface area contributed by atoms with Crippen LogP contribution in [-0.4, -0.2) is 72.7 Å². The molecule has 0 aliphatic carbocycles. The topological polar surface area (TPSA) is 100.0 Å². The predicted molar refractivity (Wildman–Crippen MR) is 149 cm³/mol. The summed E-state index contributed by atoms with van der Waals surface area (Å²) in [5.74, 6) is 1.21. The van der Waals surface area contributed by atoms with Crippen LogP contribution in [0.1, 0.15) is 28.5 Å². The molecule has 1 atom stereocenters. The lowest BCUT2D eigenvalue weighted by atomic mass is 10.1. The average molecular weight is 586 g/mol. The van der Waals surface area contributed by atoms with Gasteiger partial charge in [0.2, 0.25) is 0 Å². The molecule has 1 aliphatic rings. The van der Waals surface area contributed by atoms with Crippen LogP contribution in [0.3, 0.4) is 0 Å². The molecule has 222 valence electrons. The molecule has 10 nitrogen and oxygen atoms in total. The zero-order valence-electron chi connectivity index (χ0n) is 23.5. The fourth-order valence-corrected chi connectivity index (χ4v) is 4.80. The number of ether oxygens (including phenoxy) is 4. The van der Waals surface area contributed by atoms with Gasteiger partial charge in [-0.05, 0) is 62.8 Å². The smallest absolute Gasteiger partial charge is 0.422 e. The quantitative estimate of drug-likeness (QED) is 0.270. The van der Waals surface area contributed by atoms with Gasteiger partial charge in [-0.3, -0.25) is 14.5 Å². The van der Waals surface area contributed by atoms with E-state index in [0.717, 1.165) is 13.0 Å². The molecule has 5 rings (SSSR count). The molecular formula is C29H30F3N5O5. The van der Waals surface area contributed by atoms with E-state index in [1.165, 1.54) is 10.9 Å². The minimum Gasteiger partial charge on any atom is -0.493 e. The average Bonchev–Trinajstić information content (AvgIpc) is 3.58. The Morgan fingerprint density at radius 2 is 1.81 bits per heavy atom. The van der Waals surface area contributed by atoms with Crippen LogP contribution >= 0.6 is 0 Å². The van der Waals surface area contributed by atoms with Crippen LogP contribution in [0.4, 0.5) is 18.9 Å². The maximum atomic E-state index is 13.2. The first-order valence-corrected chi connectivity index (χ1v) is 13.1. The third-order valence-electron chi connectivity index (χ3n) is 6.90. The first-order chi connectivity index (χ1) is 20.0. The second kappa shape index (κ2) is 11.8. The molecule has 1 unspecified atom stereocenters. The van der Waals surface area contributed by atoms with Crippen molar-refractivity contribution in [2.24, 2.45) is 0 Å². The van der Waals surface area contributed by atoms with Crippen LogP contribution in [0.15, 0.2) is 48.8 Å². The number of benzene rings is 2. The van der Waals surface area contributed by atoms with Gasteiger partial charge in [0.05, 0.1) is 32.0 Å². The third-order valence-corrected chi connectivity index (χ3v) is 6.90. The van der Waals surface area contributed by atoms with Gasteiger partial charge in [-0.1, -0.05) is 0 Å². The van der Waals surface area contributed by atoms with E-state index in [2.05, 4.69) is 20.3 Å². The van der Waals surface area contributed by atoms with E-state index in [9.17, 15) is 18.0 Å². The summed E-state index contributed by atoms with van der Waals surface area (Å²) in [6, 6.07) is 10.2. The number of likely N-dealkylation sites (tertiary alicyclic amines) is 1. The minimum atomic E-state index is -4.56. The molecule has 1 saturated heterocycles. The molecular weight excluding hydrogens is 555 g/mol. The summed E-state index contributed by atoms with van der Waals surface area (Å²) in [5, 5.41) is 7.74. The van der Waals surface area contributed by atoms with Crippen molar-refractivity contribution in [3.63, 3.8) is 0 Å². The second-order valence-corrected chi connectivity index (χ2v) is 10.0. The summed E-state index contributed by atoms with van der Waals surface area (Å²) < 4.78 is 62.1. The van der Waals surface area contributed by atoms with E-state index in [-0.39, 0.29) is 17.5 Å². The van der Waals surface area contributed by atoms with Gasteiger partial charge in [-0.15, -0.1) is 0 Å². The number of nitrogens with one attached hydrogen (secondary N) is 1. The summed E-state index contributed by atoms with van der Waals surface area (Å²) in [6.07, 6.45) is -0.829. The van der Waals surface area contributed by atoms with Gasteiger partial charge in [0, 0.05) is 29.9 Å². The van der Waals surface area contributed by atoms with E-state index >= 15 is 0 Å². The number of fused-ring (bicyclic) bond motifs is 1. The lowest BCUT2D eigenvalue weighted by Gasteiger charge is -2.14. The molecule has 1 N–H and O–H groups in total. The van der Waals surface area contributed by atoms with Gasteiger partial charge in [-0.25, -0.2) is 0 Å². The number of amides is 1. The predicted octanol–water partition coefficient (Wildman–Crippen LogP) is 5.62. The number of hydrogen-bond donors (Lipinski definition) is 1. The monoisotopic (exact) mass is 585 g/mol. The Balaban J connectivity index is 1.36. The zero-order chi connectivity index (χ0) is 30.0. The first kappa shape index (κ1) is 29.0. The Morgan fingerprint density at radius 3 is 2.48 bits per heavy atom. The highest BCUT2D eigenvalue weighted by atomic mass is 19.4. The van der Waals surface area contributed by atoms with Crippen molar-refractivity contribution in [1.29, 1.82) is 0 Å². The van der Waals surface area contributed by atoms with Crippen molar-refractivity contribution >= 4 is 22.5 Å². The van der Waals surface area contributed by atoms with Crippen molar-refractivity contribution in [2.75, 3.05) is 46.3 Å². The number of aryl methyl sites for hydroxylation is 1. The molecule has 3 heterocycles. The summed E-state index contributed by atoms with van der Waals surface area (Å²) in [7, 11) is 5.03. The van der Waals surface area contributed by atoms with E-state index in [0.29, 0.717) is 51.7 Å². The molecule has 2 aromatic carbocycles. The van der Waals surface area contributed by atoms with E-state index in [4.69, 9.17) is 18.9 Å². The highest BCUT2D eigenvalue weighted by Gasteiger charge is 2.31. The maximum absolute atomic E-state index is 13.2. The van der Waals surface area contributed by atoms with Gasteiger partial charge in [-0.2, -0.15) is 18.3 Å². The fourth-order valence-electron chi connectivity index (χ4n) is 4.80. The zero-order valence-corrected chi connectivity index (χ0v) is 23.5. The number of pyridine rings is 1. The molecule has 0 spiro atoms. The van der Waals surface area contributed by atoms with Crippen LogP contribution in [0.25, 0.3) is 10.9 Å². The molecule has 1 amide bonds. The minimum absolute atomic E-state index is 0.0752. The van der Waals surface area contributed by atoms with Crippen LogP contribution < -0.4 is 24.3 Å². The summed E-state index contributed by atoms with van der Waals surface area (Å²) in [6.45, 7) is 1.75. The number of halogens is 3. The van der Waals surface area contributed by atoms with Gasteiger partial charge >= 0.3 is 6.18 Å². The number of anilines is 1. The SMILES string of the molecule is COc1cc2nccc(Oc3ccc(NC(=O)c4nn(C5CCN(C)C5)cc4OCC(F)(F)F)cc3C)c2cc1OC. The molecule has 0 bridgehead atoms. The number of methoxy groups -OCH3 is 2. The van der Waals surface area contributed by atoms with Crippen molar-refractivity contribution in [1.82, 2.24) is 19.7 Å². The lowest BCUT2D eigenvalue weighted by molar-refractivity contribution is -0.153. The molecule has 13 heteroatoms. The Morgan fingerprint density at radius 1 is 1.05 bits per heavy atom. The fraction of sp³-hybridized carbons (Fsp3) is 0.345. The van der Waals surface area contributed by atoms with Crippen molar-refractivity contribution in [2.45, 2.75) is 25.6 Å². The largest absolute Gasteiger partial charge is 0.493 e. The number of hydrogen-bond acceptors (Lipinski definition) is 8. The first-order valence-electron chi connectivity index (χ1n) is 13.1. The number of carbonyl (C=O) groups is 1. The molecule has 0 radical (unpaired) electrons. The van der Waals surface area contributed by atoms with Gasteiger partial charge in [0.25, 0.3) is 5.91 Å². The van der Waals surface area contributed by atoms with E-state index in [1.54, 1.807) is 63.7 Å². The molecule has 1 aliphatic heterocycles.